The number of hydrogen-bond acceptors (Lipinski definition) is 5. The van der Waals surface area contributed by atoms with E-state index in [1.165, 1.54) is 4.90 Å². The van der Waals surface area contributed by atoms with Crippen LogP contribution >= 0.6 is 0 Å². The Labute approximate surface area is 193 Å². The zero-order chi connectivity index (χ0) is 24.5. The van der Waals surface area contributed by atoms with Crippen molar-refractivity contribution in [2.75, 3.05) is 13.2 Å². The van der Waals surface area contributed by atoms with Crippen LogP contribution in [0.5, 0.6) is 0 Å². The summed E-state index contributed by atoms with van der Waals surface area (Å²) in [6.45, 7) is 7.12. The van der Waals surface area contributed by atoms with Crippen LogP contribution in [0, 0.1) is 5.89 Å². The number of carbonyl (C=O) groups is 3. The number of nitrogens with zero attached hydrogens (tertiary/aromatic N) is 1. The van der Waals surface area contributed by atoms with Crippen molar-refractivity contribution in [3.63, 3.8) is 0 Å². The molecule has 1 saturated carbocycles. The topological polar surface area (TPSA) is 84.9 Å². The van der Waals surface area contributed by atoms with Crippen molar-refractivity contribution < 1.29 is 25.2 Å². The fourth-order valence-corrected chi connectivity index (χ4v) is 3.79. The molecule has 0 aromatic heterocycles. The van der Waals surface area contributed by atoms with E-state index in [2.05, 4.69) is 5.32 Å². The van der Waals surface area contributed by atoms with Gasteiger partial charge in [0.15, 0.2) is 0 Å². The van der Waals surface area contributed by atoms with Gasteiger partial charge in [-0.1, -0.05) is 62.4 Å². The number of hydrogen-bond donors (Lipinski definition) is 1. The van der Waals surface area contributed by atoms with E-state index in [4.69, 9.17) is 10.8 Å². The molecule has 1 fully saturated rings. The van der Waals surface area contributed by atoms with Crippen molar-refractivity contribution in [1.82, 2.24) is 10.2 Å². The molecule has 7 nitrogen and oxygen atoms in total. The first-order chi connectivity index (χ1) is 15.5. The quantitative estimate of drug-likeness (QED) is 0.566. The number of rotatable bonds is 9. The molecule has 1 aliphatic carbocycles. The van der Waals surface area contributed by atoms with Gasteiger partial charge < -0.3 is 19.7 Å². The molecular weight excluding hydrogens is 408 g/mol. The first kappa shape index (κ1) is 24.1. The van der Waals surface area contributed by atoms with Crippen molar-refractivity contribution in [3.8, 4) is 0 Å². The predicted molar refractivity (Wildman–Crippen MR) is 123 cm³/mol. The number of ether oxygens (including phenoxy) is 2. The first-order valence-corrected chi connectivity index (χ1v) is 11.5. The molecule has 2 rings (SSSR count). The van der Waals surface area contributed by atoms with E-state index in [0.717, 1.165) is 24.8 Å². The van der Waals surface area contributed by atoms with E-state index in [1.54, 1.807) is 27.7 Å². The SMILES string of the molecule is [2H]C1(C[C@H](NC(=O)OC(C)(C)C)C(=O)N(CC(=O)OCC)Cc2ccccc2)CCCCC1. The van der Waals surface area contributed by atoms with Gasteiger partial charge in [-0.25, -0.2) is 4.79 Å². The lowest BCUT2D eigenvalue weighted by Crippen LogP contribution is -2.51. The van der Waals surface area contributed by atoms with Gasteiger partial charge in [-0.3, -0.25) is 9.59 Å². The summed E-state index contributed by atoms with van der Waals surface area (Å²) in [4.78, 5) is 39.9. The highest BCUT2D eigenvalue weighted by molar-refractivity contribution is 5.88. The highest BCUT2D eigenvalue weighted by Crippen LogP contribution is 2.28. The van der Waals surface area contributed by atoms with E-state index < -0.39 is 35.5 Å². The smallest absolute Gasteiger partial charge is 0.408 e. The van der Waals surface area contributed by atoms with E-state index in [-0.39, 0.29) is 26.1 Å². The normalized spacial score (nSPS) is 16.9. The van der Waals surface area contributed by atoms with Crippen LogP contribution in [0.25, 0.3) is 0 Å². The monoisotopic (exact) mass is 447 g/mol. The molecule has 0 radical (unpaired) electrons. The van der Waals surface area contributed by atoms with Crippen molar-refractivity contribution in [2.45, 2.75) is 84.4 Å². The Morgan fingerprint density at radius 2 is 1.81 bits per heavy atom. The molecule has 0 heterocycles. The molecule has 0 bridgehead atoms. The summed E-state index contributed by atoms with van der Waals surface area (Å²) in [7, 11) is 0. The van der Waals surface area contributed by atoms with E-state index in [0.29, 0.717) is 12.8 Å². The Balaban J connectivity index is 2.28. The van der Waals surface area contributed by atoms with Crippen LogP contribution in [0.1, 0.15) is 73.2 Å². The second-order valence-electron chi connectivity index (χ2n) is 9.20. The average Bonchev–Trinajstić information content (AvgIpc) is 2.72. The Morgan fingerprint density at radius 3 is 2.41 bits per heavy atom. The molecule has 0 spiro atoms. The Hall–Kier alpha value is -2.57. The molecule has 32 heavy (non-hydrogen) atoms. The van der Waals surface area contributed by atoms with E-state index in [1.807, 2.05) is 30.3 Å². The van der Waals surface area contributed by atoms with Gasteiger partial charge in [-0.2, -0.15) is 0 Å². The van der Waals surface area contributed by atoms with Gasteiger partial charge >= 0.3 is 12.1 Å². The summed E-state index contributed by atoms with van der Waals surface area (Å²) < 4.78 is 19.3. The van der Waals surface area contributed by atoms with Gasteiger partial charge in [0.1, 0.15) is 18.2 Å². The van der Waals surface area contributed by atoms with Crippen LogP contribution in [-0.4, -0.2) is 47.7 Å². The highest BCUT2D eigenvalue weighted by Gasteiger charge is 2.32. The van der Waals surface area contributed by atoms with Crippen LogP contribution in [-0.2, 0) is 25.6 Å². The fourth-order valence-electron chi connectivity index (χ4n) is 3.79. The molecule has 178 valence electrons. The molecule has 1 aliphatic rings. The average molecular weight is 448 g/mol. The summed E-state index contributed by atoms with van der Waals surface area (Å²) in [5.74, 6) is -1.75. The van der Waals surface area contributed by atoms with Gasteiger partial charge in [-0.15, -0.1) is 0 Å². The van der Waals surface area contributed by atoms with Gasteiger partial charge in [0.05, 0.1) is 6.61 Å². The molecule has 0 unspecified atom stereocenters. The van der Waals surface area contributed by atoms with Gasteiger partial charge in [-0.05, 0) is 45.6 Å². The first-order valence-electron chi connectivity index (χ1n) is 12.0. The molecule has 1 aromatic carbocycles. The molecule has 1 atom stereocenters. The lowest BCUT2D eigenvalue weighted by molar-refractivity contribution is -0.150. The Bertz CT molecular complexity index is 788. The molecule has 0 aliphatic heterocycles. The Morgan fingerprint density at radius 1 is 1.16 bits per heavy atom. The molecule has 2 amide bonds. The summed E-state index contributed by atoms with van der Waals surface area (Å²) >= 11 is 0. The van der Waals surface area contributed by atoms with Crippen LogP contribution in [0.3, 0.4) is 0 Å². The fraction of sp³-hybridized carbons (Fsp3) is 0.640. The van der Waals surface area contributed by atoms with Crippen LogP contribution in [0.4, 0.5) is 4.79 Å². The summed E-state index contributed by atoms with van der Waals surface area (Å²) in [5, 5.41) is 2.69. The third kappa shape index (κ3) is 9.28. The van der Waals surface area contributed by atoms with Crippen molar-refractivity contribution in [3.05, 3.63) is 35.9 Å². The summed E-state index contributed by atoms with van der Waals surface area (Å²) in [6.07, 6.45) is 3.71. The van der Waals surface area contributed by atoms with Gasteiger partial charge in [0.2, 0.25) is 5.91 Å². The lowest BCUT2D eigenvalue weighted by Gasteiger charge is -2.31. The minimum absolute atomic E-state index is 0.166. The lowest BCUT2D eigenvalue weighted by atomic mass is 9.84. The molecule has 1 N–H and O–H groups in total. The number of esters is 1. The number of nitrogens with one attached hydrogen (secondary N) is 1. The predicted octanol–water partition coefficient (Wildman–Crippen LogP) is 4.44. The third-order valence-electron chi connectivity index (χ3n) is 5.20. The number of benzene rings is 1. The van der Waals surface area contributed by atoms with Crippen LogP contribution in [0.2, 0.25) is 0 Å². The van der Waals surface area contributed by atoms with Gasteiger partial charge in [0, 0.05) is 7.92 Å². The molecule has 7 heteroatoms. The highest BCUT2D eigenvalue weighted by atomic mass is 16.6. The maximum absolute atomic E-state index is 13.7. The van der Waals surface area contributed by atoms with E-state index in [9.17, 15) is 14.4 Å². The molecule has 0 saturated heterocycles. The van der Waals surface area contributed by atoms with E-state index >= 15 is 0 Å². The standard InChI is InChI=1S/C25H38N2O5/c1-5-31-22(28)18-27(17-20-14-10-7-11-15-20)23(29)21(16-19-12-8-6-9-13-19)26-24(30)32-25(2,3)4/h7,10-11,14-15,19,21H,5-6,8-9,12-13,16-18H2,1-4H3,(H,26,30)/t21-/m0/s1/i19D. The summed E-state index contributed by atoms with van der Waals surface area (Å²) in [6, 6.07) is 8.36. The third-order valence-corrected chi connectivity index (χ3v) is 5.20. The molecular formula is C25H38N2O5. The zero-order valence-corrected chi connectivity index (χ0v) is 19.8. The maximum Gasteiger partial charge on any atom is 0.408 e. The van der Waals surface area contributed by atoms with Crippen molar-refractivity contribution >= 4 is 18.0 Å². The van der Waals surface area contributed by atoms with Gasteiger partial charge in [0.25, 0.3) is 0 Å². The number of carbonyl (C=O) groups excluding carboxylic acids is 3. The second kappa shape index (κ2) is 12.5. The minimum atomic E-state index is -0.978. The largest absolute Gasteiger partial charge is 0.465 e. The zero-order valence-electron chi connectivity index (χ0n) is 20.8. The van der Waals surface area contributed by atoms with Crippen LogP contribution in [0.15, 0.2) is 30.3 Å². The number of amides is 2. The summed E-state index contributed by atoms with van der Waals surface area (Å²) in [5.41, 5.74) is 0.125. The molecule has 1 aromatic rings. The van der Waals surface area contributed by atoms with Crippen molar-refractivity contribution in [1.29, 1.82) is 0 Å². The van der Waals surface area contributed by atoms with Crippen molar-refractivity contribution in [2.24, 2.45) is 5.89 Å². The van der Waals surface area contributed by atoms with Crippen LogP contribution < -0.4 is 5.32 Å². The maximum atomic E-state index is 13.7. The second-order valence-corrected chi connectivity index (χ2v) is 9.20. The number of alkyl carbamates (subject to hydrolysis) is 1. The Kier molecular flexibility index (Phi) is 9.38. The minimum Gasteiger partial charge on any atom is -0.465 e.